The summed E-state index contributed by atoms with van der Waals surface area (Å²) < 4.78 is 0. The number of benzene rings is 6. The van der Waals surface area contributed by atoms with Crippen molar-refractivity contribution in [3.63, 3.8) is 0 Å². The Morgan fingerprint density at radius 2 is 1.44 bits per heavy atom. The lowest BCUT2D eigenvalue weighted by molar-refractivity contribution is 0.611. The molecule has 2 aliphatic carbocycles. The fraction of sp³-hybridized carbons (Fsp3) is 0.156. The molecule has 0 aromatic heterocycles. The zero-order valence-electron chi connectivity index (χ0n) is 28.0. The van der Waals surface area contributed by atoms with Gasteiger partial charge in [0.1, 0.15) is 11.7 Å². The number of rotatable bonds is 4. The van der Waals surface area contributed by atoms with Crippen LogP contribution in [0.4, 0.5) is 5.69 Å². The second-order valence-electron chi connectivity index (χ2n) is 14.2. The monoisotopic (exact) mass is 664 g/mol. The number of fused-ring (bicyclic) bond motifs is 8. The highest BCUT2D eigenvalue weighted by Crippen LogP contribution is 2.54. The van der Waals surface area contributed by atoms with Gasteiger partial charge in [0.05, 0.1) is 11.1 Å². The van der Waals surface area contributed by atoms with Crippen molar-refractivity contribution in [2.24, 2.45) is 15.9 Å². The molecule has 3 atom stereocenters. The molecule has 2 heterocycles. The minimum absolute atomic E-state index is 0.0180. The van der Waals surface area contributed by atoms with E-state index < -0.39 is 0 Å². The Labute approximate surface area is 296 Å². The Kier molecular flexibility index (Phi) is 6.69. The third-order valence-corrected chi connectivity index (χ3v) is 12.2. The molecule has 6 aromatic rings. The number of nitrogens with one attached hydrogen (secondary N) is 2. The highest BCUT2D eigenvalue weighted by atomic mass is 32.2. The van der Waals surface area contributed by atoms with Gasteiger partial charge in [-0.2, -0.15) is 0 Å². The SMILES string of the molecule is CC1(C)C2=CC(C3Nc4c(ccc5ccc6cc(C7=NC(c8ccccc8)N=C(c8ccccc8)N7)ccc6c45)S3)CC=C2c2ccccc21. The van der Waals surface area contributed by atoms with E-state index in [1.807, 2.05) is 48.2 Å². The summed E-state index contributed by atoms with van der Waals surface area (Å²) in [6.07, 6.45) is 5.79. The van der Waals surface area contributed by atoms with Crippen molar-refractivity contribution in [2.75, 3.05) is 5.32 Å². The zero-order chi connectivity index (χ0) is 33.4. The van der Waals surface area contributed by atoms with Crippen LogP contribution >= 0.6 is 11.8 Å². The van der Waals surface area contributed by atoms with Crippen LogP contribution in [-0.2, 0) is 5.41 Å². The van der Waals surface area contributed by atoms with Gasteiger partial charge < -0.3 is 10.6 Å². The minimum atomic E-state index is -0.318. The van der Waals surface area contributed by atoms with Crippen molar-refractivity contribution in [3.8, 4) is 0 Å². The molecule has 10 rings (SSSR count). The number of allylic oxidation sites excluding steroid dienone is 3. The van der Waals surface area contributed by atoms with Crippen LogP contribution in [0.2, 0.25) is 0 Å². The van der Waals surface area contributed by atoms with E-state index in [0.29, 0.717) is 5.92 Å². The Morgan fingerprint density at radius 3 is 2.28 bits per heavy atom. The predicted octanol–water partition coefficient (Wildman–Crippen LogP) is 10.7. The summed E-state index contributed by atoms with van der Waals surface area (Å²) in [7, 11) is 0. The fourth-order valence-corrected chi connectivity index (χ4v) is 9.54. The summed E-state index contributed by atoms with van der Waals surface area (Å²) in [5.74, 6) is 2.07. The smallest absolute Gasteiger partial charge is 0.169 e. The summed E-state index contributed by atoms with van der Waals surface area (Å²) in [5.41, 5.74) is 10.2. The fourth-order valence-electron chi connectivity index (χ4n) is 8.30. The summed E-state index contributed by atoms with van der Waals surface area (Å²) >= 11 is 1.98. The van der Waals surface area contributed by atoms with Gasteiger partial charge in [0.25, 0.3) is 0 Å². The van der Waals surface area contributed by atoms with Gasteiger partial charge in [0, 0.05) is 32.7 Å². The van der Waals surface area contributed by atoms with Crippen LogP contribution in [0.5, 0.6) is 0 Å². The third-order valence-electron chi connectivity index (χ3n) is 10.9. The summed E-state index contributed by atoms with van der Waals surface area (Å²) in [6, 6.07) is 45.4. The molecule has 5 heteroatoms. The Balaban J connectivity index is 0.997. The molecule has 4 aliphatic rings. The molecule has 0 saturated carbocycles. The van der Waals surface area contributed by atoms with Gasteiger partial charge in [-0.05, 0) is 62.5 Å². The first kappa shape index (κ1) is 29.5. The average molecular weight is 665 g/mol. The van der Waals surface area contributed by atoms with Crippen molar-refractivity contribution in [2.45, 2.75) is 42.1 Å². The van der Waals surface area contributed by atoms with Crippen LogP contribution in [0.1, 0.15) is 54.3 Å². The topological polar surface area (TPSA) is 48.8 Å². The van der Waals surface area contributed by atoms with Gasteiger partial charge in [-0.15, -0.1) is 0 Å². The number of aliphatic imine (C=N–C) groups is 2. The van der Waals surface area contributed by atoms with E-state index in [4.69, 9.17) is 9.98 Å². The number of amidine groups is 2. The Hall–Kier alpha value is -5.39. The van der Waals surface area contributed by atoms with Crippen molar-refractivity contribution in [1.82, 2.24) is 5.32 Å². The molecule has 4 nitrogen and oxygen atoms in total. The lowest BCUT2D eigenvalue weighted by atomic mass is 9.78. The lowest BCUT2D eigenvalue weighted by Gasteiger charge is -2.29. The quantitative estimate of drug-likeness (QED) is 0.184. The highest BCUT2D eigenvalue weighted by molar-refractivity contribution is 8.00. The van der Waals surface area contributed by atoms with E-state index in [9.17, 15) is 0 Å². The minimum Gasteiger partial charge on any atom is -0.371 e. The summed E-state index contributed by atoms with van der Waals surface area (Å²) in [5, 5.41) is 12.9. The van der Waals surface area contributed by atoms with Gasteiger partial charge in [0.2, 0.25) is 0 Å². The normalized spacial score (nSPS) is 21.6. The van der Waals surface area contributed by atoms with Gasteiger partial charge >= 0.3 is 0 Å². The van der Waals surface area contributed by atoms with Gasteiger partial charge in [-0.3, -0.25) is 0 Å². The van der Waals surface area contributed by atoms with E-state index in [0.717, 1.165) is 34.8 Å². The van der Waals surface area contributed by atoms with Crippen LogP contribution in [0.15, 0.2) is 160 Å². The largest absolute Gasteiger partial charge is 0.371 e. The predicted molar refractivity (Wildman–Crippen MR) is 210 cm³/mol. The highest BCUT2D eigenvalue weighted by Gasteiger charge is 2.41. The van der Waals surface area contributed by atoms with Crippen LogP contribution < -0.4 is 10.6 Å². The van der Waals surface area contributed by atoms with Crippen LogP contribution in [0.25, 0.3) is 27.1 Å². The van der Waals surface area contributed by atoms with Crippen molar-refractivity contribution in [1.29, 1.82) is 0 Å². The van der Waals surface area contributed by atoms with Gasteiger partial charge in [-0.25, -0.2) is 9.98 Å². The summed E-state index contributed by atoms with van der Waals surface area (Å²) in [6.45, 7) is 4.76. The molecule has 3 unspecified atom stereocenters. The first-order valence-electron chi connectivity index (χ1n) is 17.5. The number of nitrogens with zero attached hydrogens (tertiary/aromatic N) is 2. The molecule has 0 bridgehead atoms. The summed E-state index contributed by atoms with van der Waals surface area (Å²) in [4.78, 5) is 11.5. The Bertz CT molecular complexity index is 2470. The second kappa shape index (κ2) is 11.3. The standard InChI is InChI=1S/C45H36N4S/c1-45(2)36-16-10-9-15-34(36)35-23-20-32(26-37(35)45)44-46-40-38(50-44)24-21-27-17-18-30-25-31(19-22-33(30)39(27)40)43-48-41(28-11-5-3-6-12-28)47-42(49-43)29-13-7-4-8-14-29/h3-19,21-26,32,41,44,46H,20H2,1-2H3,(H,47,48,49). The average Bonchev–Trinajstić information content (AvgIpc) is 3.71. The van der Waals surface area contributed by atoms with Crippen molar-refractivity contribution in [3.05, 3.63) is 173 Å². The number of hydrogen-bond donors (Lipinski definition) is 2. The van der Waals surface area contributed by atoms with E-state index >= 15 is 0 Å². The molecule has 2 N–H and O–H groups in total. The molecule has 2 aliphatic heterocycles. The van der Waals surface area contributed by atoms with E-state index in [1.165, 1.54) is 54.4 Å². The molecule has 0 radical (unpaired) electrons. The number of thioether (sulfide) groups is 1. The van der Waals surface area contributed by atoms with Crippen molar-refractivity contribution < 1.29 is 0 Å². The molecule has 0 fully saturated rings. The van der Waals surface area contributed by atoms with Crippen molar-refractivity contribution >= 4 is 56.2 Å². The molecular weight excluding hydrogens is 629 g/mol. The maximum atomic E-state index is 5.13. The number of anilines is 1. The van der Waals surface area contributed by atoms with Gasteiger partial charge in [-0.1, -0.05) is 153 Å². The lowest BCUT2D eigenvalue weighted by Crippen LogP contribution is -2.36. The first-order chi connectivity index (χ1) is 24.5. The third kappa shape index (κ3) is 4.68. The molecule has 50 heavy (non-hydrogen) atoms. The van der Waals surface area contributed by atoms with E-state index in [-0.39, 0.29) is 17.0 Å². The molecule has 0 amide bonds. The second-order valence-corrected chi connectivity index (χ2v) is 15.4. The Morgan fingerprint density at radius 1 is 0.720 bits per heavy atom. The molecule has 6 aromatic carbocycles. The molecule has 0 saturated heterocycles. The van der Waals surface area contributed by atoms with Crippen LogP contribution in [0.3, 0.4) is 0 Å². The first-order valence-corrected chi connectivity index (χ1v) is 18.4. The van der Waals surface area contributed by atoms with Gasteiger partial charge in [0.15, 0.2) is 6.17 Å². The molecule has 0 spiro atoms. The molecular formula is C45H36N4S. The maximum Gasteiger partial charge on any atom is 0.169 e. The zero-order valence-corrected chi connectivity index (χ0v) is 28.8. The maximum absolute atomic E-state index is 5.13. The number of hydrogen-bond acceptors (Lipinski definition) is 5. The van der Waals surface area contributed by atoms with E-state index in [2.05, 4.69) is 128 Å². The molecule has 242 valence electrons. The van der Waals surface area contributed by atoms with E-state index in [1.54, 1.807) is 0 Å². The van der Waals surface area contributed by atoms with Crippen LogP contribution in [0, 0.1) is 5.92 Å². The van der Waals surface area contributed by atoms with Crippen LogP contribution in [-0.4, -0.2) is 17.0 Å².